The van der Waals surface area contributed by atoms with Gasteiger partial charge < -0.3 is 20.5 Å². The Morgan fingerprint density at radius 1 is 1.33 bits per heavy atom. The van der Waals surface area contributed by atoms with Gasteiger partial charge in [0.25, 0.3) is 0 Å². The highest BCUT2D eigenvalue weighted by molar-refractivity contribution is 5.84. The summed E-state index contributed by atoms with van der Waals surface area (Å²) < 4.78 is 5.28. The quantitative estimate of drug-likeness (QED) is 0.718. The Labute approximate surface area is 106 Å². The van der Waals surface area contributed by atoms with Gasteiger partial charge in [0.2, 0.25) is 5.91 Å². The number of aliphatic carboxylic acids is 1. The highest BCUT2D eigenvalue weighted by atomic mass is 16.5. The van der Waals surface area contributed by atoms with E-state index in [1.807, 2.05) is 0 Å². The van der Waals surface area contributed by atoms with Crippen LogP contribution in [0.25, 0.3) is 0 Å². The Bertz CT molecular complexity index is 333. The predicted octanol–water partition coefficient (Wildman–Crippen LogP) is -0.325. The highest BCUT2D eigenvalue weighted by Crippen LogP contribution is 2.34. The van der Waals surface area contributed by atoms with E-state index in [2.05, 4.69) is 0 Å². The molecule has 2 aliphatic rings. The Morgan fingerprint density at radius 3 is 2.44 bits per heavy atom. The van der Waals surface area contributed by atoms with Gasteiger partial charge in [-0.25, -0.2) is 0 Å². The van der Waals surface area contributed by atoms with Crippen LogP contribution in [-0.4, -0.2) is 54.7 Å². The molecule has 2 heterocycles. The van der Waals surface area contributed by atoms with Crippen molar-refractivity contribution in [2.24, 2.45) is 17.1 Å². The molecular weight excluding hydrogens is 236 g/mol. The molecule has 0 aromatic heterocycles. The van der Waals surface area contributed by atoms with E-state index >= 15 is 0 Å². The first kappa shape index (κ1) is 13.3. The fraction of sp³-hybridized carbons (Fsp3) is 0.833. The molecule has 6 nitrogen and oxygen atoms in total. The van der Waals surface area contributed by atoms with Gasteiger partial charge in [0.15, 0.2) is 0 Å². The second-order valence-electron chi connectivity index (χ2n) is 5.27. The number of carboxylic acids is 1. The molecule has 102 valence electrons. The molecule has 2 fully saturated rings. The lowest BCUT2D eigenvalue weighted by Crippen LogP contribution is -2.58. The summed E-state index contributed by atoms with van der Waals surface area (Å²) >= 11 is 0. The molecule has 6 heteroatoms. The van der Waals surface area contributed by atoms with E-state index < -0.39 is 11.4 Å². The third kappa shape index (κ3) is 2.49. The zero-order chi connectivity index (χ0) is 13.2. The minimum Gasteiger partial charge on any atom is -0.481 e. The van der Waals surface area contributed by atoms with Gasteiger partial charge in [0, 0.05) is 38.8 Å². The van der Waals surface area contributed by atoms with Crippen LogP contribution in [0.1, 0.15) is 19.3 Å². The van der Waals surface area contributed by atoms with E-state index in [0.29, 0.717) is 45.7 Å². The molecule has 2 aliphatic heterocycles. The average Bonchev–Trinajstić information content (AvgIpc) is 2.33. The van der Waals surface area contributed by atoms with Gasteiger partial charge in [-0.1, -0.05) is 0 Å². The van der Waals surface area contributed by atoms with Crippen LogP contribution in [0.5, 0.6) is 0 Å². The fourth-order valence-electron chi connectivity index (χ4n) is 2.71. The Balaban J connectivity index is 1.89. The molecule has 0 radical (unpaired) electrons. The fourth-order valence-corrected chi connectivity index (χ4v) is 2.71. The number of amides is 1. The van der Waals surface area contributed by atoms with Crippen molar-refractivity contribution in [1.29, 1.82) is 0 Å². The topological polar surface area (TPSA) is 92.9 Å². The molecule has 0 aromatic rings. The Morgan fingerprint density at radius 2 is 1.94 bits per heavy atom. The number of ether oxygens (including phenoxy) is 1. The summed E-state index contributed by atoms with van der Waals surface area (Å²) in [6.07, 6.45) is 1.48. The Hall–Kier alpha value is -1.14. The predicted molar refractivity (Wildman–Crippen MR) is 63.9 cm³/mol. The number of nitrogens with zero attached hydrogens (tertiary/aromatic N) is 1. The van der Waals surface area contributed by atoms with Crippen LogP contribution in [-0.2, 0) is 14.3 Å². The third-order valence-corrected chi connectivity index (χ3v) is 4.00. The maximum atomic E-state index is 12.4. The van der Waals surface area contributed by atoms with Crippen LogP contribution in [0.4, 0.5) is 0 Å². The van der Waals surface area contributed by atoms with Crippen LogP contribution in [0, 0.1) is 11.3 Å². The number of rotatable bonds is 4. The molecule has 18 heavy (non-hydrogen) atoms. The smallest absolute Gasteiger partial charge is 0.303 e. The summed E-state index contributed by atoms with van der Waals surface area (Å²) in [5, 5.41) is 8.68. The molecule has 3 N–H and O–H groups in total. The number of carbonyl (C=O) groups excluding carboxylic acids is 1. The van der Waals surface area contributed by atoms with Crippen molar-refractivity contribution < 1.29 is 19.4 Å². The van der Waals surface area contributed by atoms with E-state index in [0.717, 1.165) is 0 Å². The second kappa shape index (κ2) is 5.24. The number of nitrogens with two attached hydrogens (primary N) is 1. The van der Waals surface area contributed by atoms with Crippen molar-refractivity contribution in [1.82, 2.24) is 4.90 Å². The maximum absolute atomic E-state index is 12.4. The summed E-state index contributed by atoms with van der Waals surface area (Å²) in [5.41, 5.74) is 5.29. The van der Waals surface area contributed by atoms with Gasteiger partial charge in [-0.15, -0.1) is 0 Å². The summed E-state index contributed by atoms with van der Waals surface area (Å²) in [6.45, 7) is 2.60. The number of hydrogen-bond donors (Lipinski definition) is 2. The number of likely N-dealkylation sites (tertiary alicyclic amines) is 1. The first-order chi connectivity index (χ1) is 8.57. The van der Waals surface area contributed by atoms with E-state index in [1.54, 1.807) is 4.90 Å². The summed E-state index contributed by atoms with van der Waals surface area (Å²) in [5.74, 6) is -0.622. The molecule has 0 aromatic carbocycles. The van der Waals surface area contributed by atoms with Crippen molar-refractivity contribution in [3.63, 3.8) is 0 Å². The third-order valence-electron chi connectivity index (χ3n) is 4.00. The van der Waals surface area contributed by atoms with Crippen LogP contribution < -0.4 is 5.73 Å². The monoisotopic (exact) mass is 256 g/mol. The van der Waals surface area contributed by atoms with E-state index in [-0.39, 0.29) is 18.2 Å². The number of hydrogen-bond acceptors (Lipinski definition) is 4. The molecule has 0 bridgehead atoms. The minimum atomic E-state index is -0.799. The van der Waals surface area contributed by atoms with Gasteiger partial charge in [-0.3, -0.25) is 9.59 Å². The lowest BCUT2D eigenvalue weighted by molar-refractivity contribution is -0.156. The van der Waals surface area contributed by atoms with Crippen molar-refractivity contribution in [3.8, 4) is 0 Å². The van der Waals surface area contributed by atoms with Crippen molar-refractivity contribution >= 4 is 11.9 Å². The number of carbonyl (C=O) groups is 2. The van der Waals surface area contributed by atoms with Gasteiger partial charge in [-0.05, 0) is 12.8 Å². The van der Waals surface area contributed by atoms with Crippen molar-refractivity contribution in [2.75, 3.05) is 32.8 Å². The molecular formula is C12H20N2O4. The van der Waals surface area contributed by atoms with E-state index in [9.17, 15) is 9.59 Å². The zero-order valence-electron chi connectivity index (χ0n) is 10.4. The van der Waals surface area contributed by atoms with Gasteiger partial charge in [-0.2, -0.15) is 0 Å². The van der Waals surface area contributed by atoms with Crippen molar-refractivity contribution in [3.05, 3.63) is 0 Å². The second-order valence-corrected chi connectivity index (χ2v) is 5.27. The average molecular weight is 256 g/mol. The number of carboxylic acid groups (broad SMARTS) is 1. The minimum absolute atomic E-state index is 0.0786. The maximum Gasteiger partial charge on any atom is 0.303 e. The molecule has 0 saturated carbocycles. The van der Waals surface area contributed by atoms with E-state index in [4.69, 9.17) is 15.6 Å². The van der Waals surface area contributed by atoms with Crippen LogP contribution in [0.15, 0.2) is 0 Å². The largest absolute Gasteiger partial charge is 0.481 e. The molecule has 0 aliphatic carbocycles. The molecule has 2 rings (SSSR count). The molecule has 0 atom stereocenters. The molecule has 0 unspecified atom stereocenters. The SMILES string of the molecule is NCC1(C(=O)N2CC(CC(=O)O)C2)CCOCC1. The first-order valence-electron chi connectivity index (χ1n) is 6.36. The molecule has 2 saturated heterocycles. The molecule has 0 spiro atoms. The van der Waals surface area contributed by atoms with Gasteiger partial charge in [0.1, 0.15) is 0 Å². The van der Waals surface area contributed by atoms with Gasteiger partial charge >= 0.3 is 5.97 Å². The highest BCUT2D eigenvalue weighted by Gasteiger charge is 2.45. The summed E-state index contributed by atoms with van der Waals surface area (Å²) in [4.78, 5) is 24.7. The normalized spacial score (nSPS) is 23.5. The first-order valence-corrected chi connectivity index (χ1v) is 6.36. The lowest BCUT2D eigenvalue weighted by Gasteiger charge is -2.45. The molecule has 1 amide bonds. The van der Waals surface area contributed by atoms with Gasteiger partial charge in [0.05, 0.1) is 11.8 Å². The van der Waals surface area contributed by atoms with Crippen LogP contribution in [0.2, 0.25) is 0 Å². The lowest BCUT2D eigenvalue weighted by atomic mass is 9.77. The summed E-state index contributed by atoms with van der Waals surface area (Å²) in [6, 6.07) is 0. The van der Waals surface area contributed by atoms with Crippen molar-refractivity contribution in [2.45, 2.75) is 19.3 Å². The van der Waals surface area contributed by atoms with Crippen LogP contribution >= 0.6 is 0 Å². The van der Waals surface area contributed by atoms with E-state index in [1.165, 1.54) is 0 Å². The standard InChI is InChI=1S/C12H20N2O4/c13-8-12(1-3-18-4-2-12)11(17)14-6-9(7-14)5-10(15)16/h9H,1-8,13H2,(H,15,16). The Kier molecular flexibility index (Phi) is 3.87. The zero-order valence-corrected chi connectivity index (χ0v) is 10.4. The summed E-state index contributed by atoms with van der Waals surface area (Å²) in [7, 11) is 0. The van der Waals surface area contributed by atoms with Crippen LogP contribution in [0.3, 0.4) is 0 Å².